The van der Waals surface area contributed by atoms with Crippen molar-refractivity contribution in [3.05, 3.63) is 28.8 Å². The molecule has 1 aliphatic heterocycles. The molecule has 21 heavy (non-hydrogen) atoms. The lowest BCUT2D eigenvalue weighted by Crippen LogP contribution is -2.48. The first kappa shape index (κ1) is 15.6. The number of rotatable bonds is 4. The third-order valence-electron chi connectivity index (χ3n) is 3.38. The summed E-state index contributed by atoms with van der Waals surface area (Å²) in [4.78, 5) is 27.0. The number of carboxylic acid groups (broad SMARTS) is 1. The molecule has 1 heterocycles. The standard InChI is InChI=1S/C14H17ClN2O4/c1-16-4-6-17(7-5-16)13(18)9-21-12-3-2-10(15)8-11(12)14(19)20/h2-3,8H,4-7,9H2,1H3,(H,19,20). The van der Waals surface area contributed by atoms with Gasteiger partial charge < -0.3 is 19.6 Å². The predicted octanol–water partition coefficient (Wildman–Crippen LogP) is 1.19. The highest BCUT2D eigenvalue weighted by atomic mass is 35.5. The van der Waals surface area contributed by atoms with Gasteiger partial charge in [0.1, 0.15) is 11.3 Å². The molecule has 1 N–H and O–H groups in total. The van der Waals surface area contributed by atoms with Crippen molar-refractivity contribution in [2.75, 3.05) is 39.8 Å². The number of hydrogen-bond donors (Lipinski definition) is 1. The van der Waals surface area contributed by atoms with Crippen LogP contribution in [0.25, 0.3) is 0 Å². The Morgan fingerprint density at radius 2 is 1.95 bits per heavy atom. The van der Waals surface area contributed by atoms with Crippen molar-refractivity contribution in [3.63, 3.8) is 0 Å². The van der Waals surface area contributed by atoms with Gasteiger partial charge in [0.05, 0.1) is 0 Å². The van der Waals surface area contributed by atoms with E-state index >= 15 is 0 Å². The summed E-state index contributed by atoms with van der Waals surface area (Å²) in [6, 6.07) is 4.30. The molecule has 0 spiro atoms. The Hall–Kier alpha value is -1.79. The number of piperazine rings is 1. The summed E-state index contributed by atoms with van der Waals surface area (Å²) >= 11 is 5.76. The van der Waals surface area contributed by atoms with Crippen LogP contribution in [0.4, 0.5) is 0 Å². The Bertz CT molecular complexity index is 542. The van der Waals surface area contributed by atoms with Crippen molar-refractivity contribution in [3.8, 4) is 5.75 Å². The average Bonchev–Trinajstić information content (AvgIpc) is 2.46. The topological polar surface area (TPSA) is 70.1 Å². The quantitative estimate of drug-likeness (QED) is 0.904. The molecule has 1 aliphatic rings. The van der Waals surface area contributed by atoms with Crippen LogP contribution in [0.5, 0.6) is 5.75 Å². The average molecular weight is 313 g/mol. The van der Waals surface area contributed by atoms with Crippen LogP contribution in [0, 0.1) is 0 Å². The molecular formula is C14H17ClN2O4. The molecule has 0 saturated carbocycles. The van der Waals surface area contributed by atoms with Crippen LogP contribution < -0.4 is 4.74 Å². The Morgan fingerprint density at radius 1 is 1.29 bits per heavy atom. The van der Waals surface area contributed by atoms with Gasteiger partial charge in [-0.05, 0) is 25.2 Å². The van der Waals surface area contributed by atoms with Gasteiger partial charge >= 0.3 is 5.97 Å². The van der Waals surface area contributed by atoms with Gasteiger partial charge in [-0.2, -0.15) is 0 Å². The number of ether oxygens (including phenoxy) is 1. The highest BCUT2D eigenvalue weighted by Gasteiger charge is 2.20. The summed E-state index contributed by atoms with van der Waals surface area (Å²) in [6.45, 7) is 2.79. The summed E-state index contributed by atoms with van der Waals surface area (Å²) in [7, 11) is 2.01. The first-order valence-corrected chi connectivity index (χ1v) is 6.97. The van der Waals surface area contributed by atoms with Crippen LogP contribution in [0.2, 0.25) is 5.02 Å². The number of carbonyl (C=O) groups is 2. The van der Waals surface area contributed by atoms with Crippen molar-refractivity contribution in [2.24, 2.45) is 0 Å². The number of amides is 1. The molecule has 0 radical (unpaired) electrons. The van der Waals surface area contributed by atoms with E-state index in [4.69, 9.17) is 21.4 Å². The number of likely N-dealkylation sites (N-methyl/N-ethyl adjacent to an activating group) is 1. The lowest BCUT2D eigenvalue weighted by Gasteiger charge is -2.32. The number of benzene rings is 1. The van der Waals surface area contributed by atoms with Crippen LogP contribution in [0.3, 0.4) is 0 Å². The smallest absolute Gasteiger partial charge is 0.339 e. The molecule has 114 valence electrons. The van der Waals surface area contributed by atoms with Gasteiger partial charge in [-0.3, -0.25) is 4.79 Å². The van der Waals surface area contributed by atoms with Crippen molar-refractivity contribution in [2.45, 2.75) is 0 Å². The van der Waals surface area contributed by atoms with Crippen LogP contribution in [-0.4, -0.2) is 66.6 Å². The maximum atomic E-state index is 12.0. The Balaban J connectivity index is 1.96. The molecule has 1 fully saturated rings. The van der Waals surface area contributed by atoms with Gasteiger partial charge in [0.25, 0.3) is 5.91 Å². The normalized spacial score (nSPS) is 15.8. The zero-order chi connectivity index (χ0) is 15.4. The minimum absolute atomic E-state index is 0.0475. The summed E-state index contributed by atoms with van der Waals surface area (Å²) in [5, 5.41) is 9.40. The highest BCUT2D eigenvalue weighted by molar-refractivity contribution is 6.31. The summed E-state index contributed by atoms with van der Waals surface area (Å²) in [5.74, 6) is -1.14. The molecule has 0 unspecified atom stereocenters. The first-order chi connectivity index (χ1) is 9.97. The first-order valence-electron chi connectivity index (χ1n) is 6.59. The van der Waals surface area contributed by atoms with Gasteiger partial charge in [0.2, 0.25) is 0 Å². The number of nitrogens with zero attached hydrogens (tertiary/aromatic N) is 2. The van der Waals surface area contributed by atoms with Gasteiger partial charge in [-0.15, -0.1) is 0 Å². The SMILES string of the molecule is CN1CCN(C(=O)COc2ccc(Cl)cc2C(=O)O)CC1. The van der Waals surface area contributed by atoms with Crippen LogP contribution in [0.1, 0.15) is 10.4 Å². The van der Waals surface area contributed by atoms with E-state index in [2.05, 4.69) is 4.90 Å². The zero-order valence-electron chi connectivity index (χ0n) is 11.7. The molecule has 0 aliphatic carbocycles. The fourth-order valence-corrected chi connectivity index (χ4v) is 2.25. The molecule has 7 heteroatoms. The molecule has 1 amide bonds. The largest absolute Gasteiger partial charge is 0.483 e. The molecule has 1 saturated heterocycles. The monoisotopic (exact) mass is 312 g/mol. The molecule has 0 aromatic heterocycles. The molecule has 6 nitrogen and oxygen atoms in total. The lowest BCUT2D eigenvalue weighted by molar-refractivity contribution is -0.134. The van der Waals surface area contributed by atoms with E-state index in [1.807, 2.05) is 7.05 Å². The molecule has 0 bridgehead atoms. The number of carbonyl (C=O) groups excluding carboxylic acids is 1. The second-order valence-electron chi connectivity index (χ2n) is 4.92. The van der Waals surface area contributed by atoms with Crippen LogP contribution >= 0.6 is 11.6 Å². The van der Waals surface area contributed by atoms with E-state index in [0.717, 1.165) is 13.1 Å². The van der Waals surface area contributed by atoms with Gasteiger partial charge in [-0.25, -0.2) is 4.79 Å². The highest BCUT2D eigenvalue weighted by Crippen LogP contribution is 2.23. The maximum absolute atomic E-state index is 12.0. The van der Waals surface area contributed by atoms with Crippen molar-refractivity contribution < 1.29 is 19.4 Å². The van der Waals surface area contributed by atoms with Gasteiger partial charge in [0.15, 0.2) is 6.61 Å². The van der Waals surface area contributed by atoms with Crippen molar-refractivity contribution >= 4 is 23.5 Å². The lowest BCUT2D eigenvalue weighted by atomic mass is 10.2. The Labute approximate surface area is 127 Å². The van der Waals surface area contributed by atoms with E-state index in [1.165, 1.54) is 18.2 Å². The summed E-state index contributed by atoms with van der Waals surface area (Å²) in [6.07, 6.45) is 0. The van der Waals surface area contributed by atoms with Crippen LogP contribution in [-0.2, 0) is 4.79 Å². The van der Waals surface area contributed by atoms with E-state index in [1.54, 1.807) is 4.90 Å². The van der Waals surface area contributed by atoms with Crippen molar-refractivity contribution in [1.82, 2.24) is 9.80 Å². The predicted molar refractivity (Wildman–Crippen MR) is 78.0 cm³/mol. The maximum Gasteiger partial charge on any atom is 0.339 e. The van der Waals surface area contributed by atoms with E-state index in [9.17, 15) is 9.59 Å². The second kappa shape index (κ2) is 6.78. The molecule has 1 aromatic rings. The van der Waals surface area contributed by atoms with Crippen molar-refractivity contribution in [1.29, 1.82) is 0 Å². The molecule has 2 rings (SSSR count). The van der Waals surface area contributed by atoms with E-state index in [-0.39, 0.29) is 23.8 Å². The number of carboxylic acids is 1. The van der Waals surface area contributed by atoms with Gasteiger partial charge in [0, 0.05) is 31.2 Å². The van der Waals surface area contributed by atoms with E-state index < -0.39 is 5.97 Å². The zero-order valence-corrected chi connectivity index (χ0v) is 12.5. The molecular weight excluding hydrogens is 296 g/mol. The molecule has 0 atom stereocenters. The number of halogens is 1. The third-order valence-corrected chi connectivity index (χ3v) is 3.61. The van der Waals surface area contributed by atoms with Gasteiger partial charge in [-0.1, -0.05) is 11.6 Å². The minimum atomic E-state index is -1.14. The van der Waals surface area contributed by atoms with E-state index in [0.29, 0.717) is 18.1 Å². The number of hydrogen-bond acceptors (Lipinski definition) is 4. The fraction of sp³-hybridized carbons (Fsp3) is 0.429. The Morgan fingerprint density at radius 3 is 2.57 bits per heavy atom. The third kappa shape index (κ3) is 4.09. The minimum Gasteiger partial charge on any atom is -0.483 e. The molecule has 1 aromatic carbocycles. The summed E-state index contributed by atoms with van der Waals surface area (Å²) in [5.41, 5.74) is -0.0475. The Kier molecular flexibility index (Phi) is 5.03. The second-order valence-corrected chi connectivity index (χ2v) is 5.35. The fourth-order valence-electron chi connectivity index (χ4n) is 2.08. The number of aromatic carboxylic acids is 1. The summed E-state index contributed by atoms with van der Waals surface area (Å²) < 4.78 is 5.35. The van der Waals surface area contributed by atoms with Crippen LogP contribution in [0.15, 0.2) is 18.2 Å².